The monoisotopic (exact) mass is 259 g/mol. The van der Waals surface area contributed by atoms with E-state index < -0.39 is 6.09 Å². The molecule has 6 heteroatoms. The first-order valence-electron chi connectivity index (χ1n) is 4.33. The standard InChI is InChI=1S/C8H10BrN3O2/c9-6-4-12-2-1-5(14-8(10)13)3-7(12)11-6/h4-5H,1-3H2,(H2,10,13). The number of halogens is 1. The van der Waals surface area contributed by atoms with Crippen molar-refractivity contribution < 1.29 is 9.53 Å². The summed E-state index contributed by atoms with van der Waals surface area (Å²) in [7, 11) is 0. The molecule has 14 heavy (non-hydrogen) atoms. The molecule has 0 spiro atoms. The van der Waals surface area contributed by atoms with Crippen molar-refractivity contribution in [2.75, 3.05) is 0 Å². The van der Waals surface area contributed by atoms with Crippen LogP contribution in [0, 0.1) is 0 Å². The fourth-order valence-corrected chi connectivity index (χ4v) is 2.08. The fourth-order valence-electron chi connectivity index (χ4n) is 1.63. The highest BCUT2D eigenvalue weighted by Gasteiger charge is 2.22. The van der Waals surface area contributed by atoms with E-state index in [1.54, 1.807) is 0 Å². The van der Waals surface area contributed by atoms with Crippen LogP contribution in [0.15, 0.2) is 10.8 Å². The maximum atomic E-state index is 10.5. The van der Waals surface area contributed by atoms with Gasteiger partial charge in [0.25, 0.3) is 0 Å². The summed E-state index contributed by atoms with van der Waals surface area (Å²) in [6.45, 7) is 0.811. The second-order valence-corrected chi connectivity index (χ2v) is 4.04. The van der Waals surface area contributed by atoms with Crippen LogP contribution in [-0.4, -0.2) is 21.7 Å². The van der Waals surface area contributed by atoms with Crippen LogP contribution in [-0.2, 0) is 17.7 Å². The van der Waals surface area contributed by atoms with Crippen molar-refractivity contribution in [3.05, 3.63) is 16.6 Å². The van der Waals surface area contributed by atoms with E-state index in [1.165, 1.54) is 0 Å². The lowest BCUT2D eigenvalue weighted by atomic mass is 10.1. The van der Waals surface area contributed by atoms with Crippen LogP contribution in [0.1, 0.15) is 12.2 Å². The molecule has 2 heterocycles. The van der Waals surface area contributed by atoms with E-state index in [4.69, 9.17) is 10.5 Å². The molecular weight excluding hydrogens is 250 g/mol. The third-order valence-electron chi connectivity index (χ3n) is 2.21. The summed E-state index contributed by atoms with van der Waals surface area (Å²) in [5, 5.41) is 0. The van der Waals surface area contributed by atoms with Crippen molar-refractivity contribution in [1.29, 1.82) is 0 Å². The number of hydrogen-bond donors (Lipinski definition) is 1. The topological polar surface area (TPSA) is 70.1 Å². The largest absolute Gasteiger partial charge is 0.446 e. The highest BCUT2D eigenvalue weighted by atomic mass is 79.9. The summed E-state index contributed by atoms with van der Waals surface area (Å²) >= 11 is 3.30. The number of rotatable bonds is 1. The first-order chi connectivity index (χ1) is 6.65. The Balaban J connectivity index is 2.09. The summed E-state index contributed by atoms with van der Waals surface area (Å²) in [5.41, 5.74) is 4.95. The Kier molecular flexibility index (Phi) is 2.45. The van der Waals surface area contributed by atoms with Crippen LogP contribution < -0.4 is 5.73 Å². The molecule has 1 unspecified atom stereocenters. The Morgan fingerprint density at radius 1 is 1.79 bits per heavy atom. The number of nitrogens with two attached hydrogens (primary N) is 1. The molecule has 0 bridgehead atoms. The van der Waals surface area contributed by atoms with Crippen LogP contribution >= 0.6 is 15.9 Å². The van der Waals surface area contributed by atoms with Crippen molar-refractivity contribution >= 4 is 22.0 Å². The first-order valence-corrected chi connectivity index (χ1v) is 5.12. The van der Waals surface area contributed by atoms with Gasteiger partial charge in [-0.3, -0.25) is 0 Å². The number of carbonyl (C=O) groups is 1. The number of aryl methyl sites for hydroxylation is 1. The van der Waals surface area contributed by atoms with Crippen molar-refractivity contribution in [2.24, 2.45) is 5.73 Å². The minimum atomic E-state index is -0.714. The van der Waals surface area contributed by atoms with Crippen LogP contribution in [0.4, 0.5) is 4.79 Å². The van der Waals surface area contributed by atoms with Crippen molar-refractivity contribution in [1.82, 2.24) is 9.55 Å². The molecule has 2 N–H and O–H groups in total. The van der Waals surface area contributed by atoms with Crippen LogP contribution in [0.3, 0.4) is 0 Å². The van der Waals surface area contributed by atoms with Gasteiger partial charge in [0.05, 0.1) is 0 Å². The molecule has 0 aliphatic carbocycles. The number of nitrogens with zero attached hydrogens (tertiary/aromatic N) is 2. The number of primary amides is 1. The molecule has 1 aliphatic rings. The van der Waals surface area contributed by atoms with Crippen molar-refractivity contribution in [3.63, 3.8) is 0 Å². The number of amides is 1. The summed E-state index contributed by atoms with van der Waals surface area (Å²) in [4.78, 5) is 14.8. The molecule has 76 valence electrons. The predicted octanol–water partition coefficient (Wildman–Crippen LogP) is 1.06. The molecule has 0 saturated carbocycles. The number of imidazole rings is 1. The molecular formula is C8H10BrN3O2. The van der Waals surface area contributed by atoms with E-state index in [-0.39, 0.29) is 6.10 Å². The zero-order valence-electron chi connectivity index (χ0n) is 7.44. The van der Waals surface area contributed by atoms with Gasteiger partial charge >= 0.3 is 6.09 Å². The van der Waals surface area contributed by atoms with E-state index in [0.717, 1.165) is 23.4 Å². The van der Waals surface area contributed by atoms with Gasteiger partial charge in [-0.25, -0.2) is 9.78 Å². The van der Waals surface area contributed by atoms with Crippen LogP contribution in [0.25, 0.3) is 0 Å². The Bertz CT molecular complexity index is 363. The minimum Gasteiger partial charge on any atom is -0.446 e. The molecule has 0 fully saturated rings. The molecule has 1 amide bonds. The lowest BCUT2D eigenvalue weighted by Gasteiger charge is -2.22. The van der Waals surface area contributed by atoms with Gasteiger partial charge in [-0.15, -0.1) is 0 Å². The number of ether oxygens (including phenoxy) is 1. The van der Waals surface area contributed by atoms with E-state index in [9.17, 15) is 4.79 Å². The third kappa shape index (κ3) is 1.89. The SMILES string of the molecule is NC(=O)OC1CCn2cc(Br)nc2C1. The van der Waals surface area contributed by atoms with Gasteiger partial charge < -0.3 is 15.0 Å². The van der Waals surface area contributed by atoms with Gasteiger partial charge in [-0.05, 0) is 15.9 Å². The molecule has 2 rings (SSSR count). The number of hydrogen-bond acceptors (Lipinski definition) is 3. The first kappa shape index (κ1) is 9.51. The van der Waals surface area contributed by atoms with Crippen LogP contribution in [0.2, 0.25) is 0 Å². The Morgan fingerprint density at radius 2 is 2.57 bits per heavy atom. The summed E-state index contributed by atoms with van der Waals surface area (Å²) in [6, 6.07) is 0. The van der Waals surface area contributed by atoms with Gasteiger partial charge in [0, 0.05) is 25.6 Å². The van der Waals surface area contributed by atoms with Gasteiger partial charge in [-0.2, -0.15) is 0 Å². The molecule has 1 aliphatic heterocycles. The Labute approximate surface area is 89.4 Å². The van der Waals surface area contributed by atoms with Crippen molar-refractivity contribution in [2.45, 2.75) is 25.5 Å². The second-order valence-electron chi connectivity index (χ2n) is 3.22. The number of carbonyl (C=O) groups excluding carboxylic acids is 1. The summed E-state index contributed by atoms with van der Waals surface area (Å²) < 4.78 is 7.79. The molecule has 0 aromatic carbocycles. The quantitative estimate of drug-likeness (QED) is 0.820. The van der Waals surface area contributed by atoms with E-state index in [0.29, 0.717) is 6.42 Å². The lowest BCUT2D eigenvalue weighted by molar-refractivity contribution is 0.0895. The van der Waals surface area contributed by atoms with E-state index in [2.05, 4.69) is 20.9 Å². The maximum Gasteiger partial charge on any atom is 0.404 e. The summed E-state index contributed by atoms with van der Waals surface area (Å²) in [6.07, 6.45) is 2.51. The zero-order chi connectivity index (χ0) is 10.1. The van der Waals surface area contributed by atoms with E-state index in [1.807, 2.05) is 10.8 Å². The molecule has 0 saturated heterocycles. The smallest absolute Gasteiger partial charge is 0.404 e. The highest BCUT2D eigenvalue weighted by Crippen LogP contribution is 2.19. The third-order valence-corrected chi connectivity index (χ3v) is 2.60. The van der Waals surface area contributed by atoms with Gasteiger partial charge in [0.2, 0.25) is 0 Å². The molecule has 5 nitrogen and oxygen atoms in total. The van der Waals surface area contributed by atoms with Crippen LogP contribution in [0.5, 0.6) is 0 Å². The zero-order valence-corrected chi connectivity index (χ0v) is 9.03. The number of aromatic nitrogens is 2. The maximum absolute atomic E-state index is 10.5. The normalized spacial score (nSPS) is 20.2. The highest BCUT2D eigenvalue weighted by molar-refractivity contribution is 9.10. The fraction of sp³-hybridized carbons (Fsp3) is 0.500. The van der Waals surface area contributed by atoms with Crippen molar-refractivity contribution in [3.8, 4) is 0 Å². The molecule has 1 atom stereocenters. The second kappa shape index (κ2) is 3.61. The number of fused-ring (bicyclic) bond motifs is 1. The average molecular weight is 260 g/mol. The van der Waals surface area contributed by atoms with E-state index >= 15 is 0 Å². The predicted molar refractivity (Wildman–Crippen MR) is 52.7 cm³/mol. The molecule has 1 aromatic heterocycles. The van der Waals surface area contributed by atoms with Gasteiger partial charge in [-0.1, -0.05) is 0 Å². The Morgan fingerprint density at radius 3 is 3.29 bits per heavy atom. The van der Waals surface area contributed by atoms with Gasteiger partial charge in [0.15, 0.2) is 0 Å². The molecule has 1 aromatic rings. The van der Waals surface area contributed by atoms with Gasteiger partial charge in [0.1, 0.15) is 16.5 Å². The Hall–Kier alpha value is -1.04. The minimum absolute atomic E-state index is 0.130. The molecule has 0 radical (unpaired) electrons. The lowest BCUT2D eigenvalue weighted by Crippen LogP contribution is -2.30. The summed E-state index contributed by atoms with van der Waals surface area (Å²) in [5.74, 6) is 0.925. The average Bonchev–Trinajstić information content (AvgIpc) is 2.42.